The highest BCUT2D eigenvalue weighted by Crippen LogP contribution is 2.35. The SMILES string of the molecule is Cc1c(Br)cc(Br)c(OC(C)C)c1F. The summed E-state index contributed by atoms with van der Waals surface area (Å²) in [4.78, 5) is 0. The minimum Gasteiger partial charge on any atom is -0.487 e. The molecule has 0 aliphatic rings. The van der Waals surface area contributed by atoms with Gasteiger partial charge in [0, 0.05) is 10.0 Å². The van der Waals surface area contributed by atoms with Crippen molar-refractivity contribution in [2.45, 2.75) is 26.9 Å². The van der Waals surface area contributed by atoms with Crippen LogP contribution in [0.3, 0.4) is 0 Å². The molecule has 0 atom stereocenters. The monoisotopic (exact) mass is 324 g/mol. The van der Waals surface area contributed by atoms with Crippen LogP contribution in [0.4, 0.5) is 4.39 Å². The minimum absolute atomic E-state index is 0.0404. The number of hydrogen-bond donors (Lipinski definition) is 0. The van der Waals surface area contributed by atoms with Gasteiger partial charge in [-0.3, -0.25) is 0 Å². The first-order chi connectivity index (χ1) is 6.43. The number of rotatable bonds is 2. The Balaban J connectivity index is 3.22. The van der Waals surface area contributed by atoms with Crippen LogP contribution < -0.4 is 4.74 Å². The maximum Gasteiger partial charge on any atom is 0.170 e. The van der Waals surface area contributed by atoms with Gasteiger partial charge in [-0.1, -0.05) is 15.9 Å². The second kappa shape index (κ2) is 4.62. The second-order valence-corrected chi connectivity index (χ2v) is 4.98. The average Bonchev–Trinajstić information content (AvgIpc) is 2.09. The van der Waals surface area contributed by atoms with E-state index in [4.69, 9.17) is 4.74 Å². The molecule has 1 aromatic carbocycles. The summed E-state index contributed by atoms with van der Waals surface area (Å²) in [6, 6.07) is 1.79. The Hall–Kier alpha value is -0.0900. The zero-order valence-electron chi connectivity index (χ0n) is 8.20. The van der Waals surface area contributed by atoms with E-state index in [-0.39, 0.29) is 17.7 Å². The maximum absolute atomic E-state index is 13.7. The van der Waals surface area contributed by atoms with E-state index in [1.54, 1.807) is 13.0 Å². The first-order valence-corrected chi connectivity index (χ1v) is 5.82. The fourth-order valence-corrected chi connectivity index (χ4v) is 2.22. The third-order valence-electron chi connectivity index (χ3n) is 1.71. The minimum atomic E-state index is -0.319. The van der Waals surface area contributed by atoms with Crippen molar-refractivity contribution in [3.63, 3.8) is 0 Å². The second-order valence-electron chi connectivity index (χ2n) is 3.27. The molecule has 1 nitrogen and oxygen atoms in total. The summed E-state index contributed by atoms with van der Waals surface area (Å²) in [5.41, 5.74) is 0.559. The van der Waals surface area contributed by atoms with Crippen molar-refractivity contribution in [2.24, 2.45) is 0 Å². The Morgan fingerprint density at radius 3 is 2.36 bits per heavy atom. The first kappa shape index (κ1) is 12.0. The molecular weight excluding hydrogens is 315 g/mol. The van der Waals surface area contributed by atoms with Crippen LogP contribution in [0.1, 0.15) is 19.4 Å². The van der Waals surface area contributed by atoms with Crippen molar-refractivity contribution in [2.75, 3.05) is 0 Å². The lowest BCUT2D eigenvalue weighted by Crippen LogP contribution is -2.08. The summed E-state index contributed by atoms with van der Waals surface area (Å²) in [6.07, 6.45) is -0.0404. The predicted molar refractivity (Wildman–Crippen MR) is 62.3 cm³/mol. The molecule has 0 aliphatic carbocycles. The highest BCUT2D eigenvalue weighted by molar-refractivity contribution is 9.11. The van der Waals surface area contributed by atoms with Crippen LogP contribution in [-0.4, -0.2) is 6.10 Å². The van der Waals surface area contributed by atoms with Crippen molar-refractivity contribution < 1.29 is 9.13 Å². The molecule has 0 amide bonds. The average molecular weight is 326 g/mol. The van der Waals surface area contributed by atoms with Gasteiger partial charge >= 0.3 is 0 Å². The Bertz CT molecular complexity index is 350. The molecule has 1 rings (SSSR count). The number of hydrogen-bond acceptors (Lipinski definition) is 1. The van der Waals surface area contributed by atoms with Crippen LogP contribution in [0.5, 0.6) is 5.75 Å². The van der Waals surface area contributed by atoms with Gasteiger partial charge in [0.15, 0.2) is 11.6 Å². The lowest BCUT2D eigenvalue weighted by molar-refractivity contribution is 0.229. The third kappa shape index (κ3) is 2.48. The van der Waals surface area contributed by atoms with Gasteiger partial charge in [0.2, 0.25) is 0 Å². The Morgan fingerprint density at radius 1 is 1.29 bits per heavy atom. The van der Waals surface area contributed by atoms with Crippen molar-refractivity contribution in [3.05, 3.63) is 26.4 Å². The lowest BCUT2D eigenvalue weighted by Gasteiger charge is -2.14. The summed E-state index contributed by atoms with van der Waals surface area (Å²) in [5, 5.41) is 0. The molecule has 0 bridgehead atoms. The van der Waals surface area contributed by atoms with Gasteiger partial charge in [-0.05, 0) is 42.8 Å². The quantitative estimate of drug-likeness (QED) is 0.780. The molecule has 0 aliphatic heterocycles. The number of halogens is 3. The largest absolute Gasteiger partial charge is 0.487 e. The molecular formula is C10H11Br2FO. The third-order valence-corrected chi connectivity index (χ3v) is 3.12. The van der Waals surface area contributed by atoms with Crippen molar-refractivity contribution in [1.82, 2.24) is 0 Å². The molecule has 0 aromatic heterocycles. The molecule has 0 radical (unpaired) electrons. The van der Waals surface area contributed by atoms with Crippen LogP contribution in [0.15, 0.2) is 15.0 Å². The Kier molecular flexibility index (Phi) is 3.95. The van der Waals surface area contributed by atoms with Crippen LogP contribution >= 0.6 is 31.9 Å². The summed E-state index contributed by atoms with van der Waals surface area (Å²) in [6.45, 7) is 5.44. The van der Waals surface area contributed by atoms with E-state index in [0.29, 0.717) is 10.0 Å². The van der Waals surface area contributed by atoms with Gasteiger partial charge in [0.05, 0.1) is 10.6 Å². The van der Waals surface area contributed by atoms with Gasteiger partial charge in [0.1, 0.15) is 0 Å². The molecule has 0 N–H and O–H groups in total. The Labute approximate surface area is 99.9 Å². The van der Waals surface area contributed by atoms with Crippen molar-refractivity contribution in [3.8, 4) is 5.75 Å². The van der Waals surface area contributed by atoms with Gasteiger partial charge < -0.3 is 4.74 Å². The summed E-state index contributed by atoms with van der Waals surface area (Å²) in [7, 11) is 0. The summed E-state index contributed by atoms with van der Waals surface area (Å²) in [5.74, 6) is -0.0411. The molecule has 0 unspecified atom stereocenters. The summed E-state index contributed by atoms with van der Waals surface area (Å²) >= 11 is 6.54. The topological polar surface area (TPSA) is 9.23 Å². The summed E-state index contributed by atoms with van der Waals surface area (Å²) < 4.78 is 20.4. The number of benzene rings is 1. The van der Waals surface area contributed by atoms with E-state index < -0.39 is 0 Å². The predicted octanol–water partition coefficient (Wildman–Crippen LogP) is 4.45. The van der Waals surface area contributed by atoms with Crippen LogP contribution in [0.2, 0.25) is 0 Å². The van der Waals surface area contributed by atoms with Crippen LogP contribution in [0, 0.1) is 12.7 Å². The first-order valence-electron chi connectivity index (χ1n) is 4.24. The molecule has 1 aromatic rings. The molecule has 0 heterocycles. The fraction of sp³-hybridized carbons (Fsp3) is 0.400. The van der Waals surface area contributed by atoms with Gasteiger partial charge in [-0.25, -0.2) is 4.39 Å². The fourth-order valence-electron chi connectivity index (χ4n) is 1.01. The van der Waals surface area contributed by atoms with E-state index in [1.807, 2.05) is 13.8 Å². The molecule has 0 spiro atoms. The van der Waals surface area contributed by atoms with E-state index in [0.717, 1.165) is 4.47 Å². The highest BCUT2D eigenvalue weighted by atomic mass is 79.9. The van der Waals surface area contributed by atoms with Gasteiger partial charge in [0.25, 0.3) is 0 Å². The van der Waals surface area contributed by atoms with Crippen molar-refractivity contribution >= 4 is 31.9 Å². The van der Waals surface area contributed by atoms with E-state index in [1.165, 1.54) is 0 Å². The zero-order chi connectivity index (χ0) is 10.9. The van der Waals surface area contributed by atoms with Crippen molar-refractivity contribution in [1.29, 1.82) is 0 Å². The molecule has 14 heavy (non-hydrogen) atoms. The molecule has 4 heteroatoms. The number of ether oxygens (including phenoxy) is 1. The van der Waals surface area contributed by atoms with Crippen LogP contribution in [-0.2, 0) is 0 Å². The lowest BCUT2D eigenvalue weighted by atomic mass is 10.2. The molecule has 0 saturated carbocycles. The van der Waals surface area contributed by atoms with Gasteiger partial charge in [-0.15, -0.1) is 0 Å². The van der Waals surface area contributed by atoms with E-state index >= 15 is 0 Å². The molecule has 78 valence electrons. The van der Waals surface area contributed by atoms with Crippen LogP contribution in [0.25, 0.3) is 0 Å². The maximum atomic E-state index is 13.7. The molecule has 0 fully saturated rings. The standard InChI is InChI=1S/C10H11Br2FO/c1-5(2)14-10-8(12)4-7(11)6(3)9(10)13/h4-5H,1-3H3. The zero-order valence-corrected chi connectivity index (χ0v) is 11.4. The Morgan fingerprint density at radius 2 is 1.86 bits per heavy atom. The normalized spacial score (nSPS) is 10.8. The smallest absolute Gasteiger partial charge is 0.170 e. The van der Waals surface area contributed by atoms with E-state index in [9.17, 15) is 4.39 Å². The highest BCUT2D eigenvalue weighted by Gasteiger charge is 2.15. The van der Waals surface area contributed by atoms with E-state index in [2.05, 4.69) is 31.9 Å². The molecule has 0 saturated heterocycles. The van der Waals surface area contributed by atoms with Gasteiger partial charge in [-0.2, -0.15) is 0 Å².